The number of carboxylic acids is 5. The topological polar surface area (TPSA) is 561 Å². The van der Waals surface area contributed by atoms with Crippen molar-refractivity contribution in [2.45, 2.75) is 160 Å². The van der Waals surface area contributed by atoms with Crippen LogP contribution < -0.4 is 54.4 Å². The molecule has 37 nitrogen and oxygen atoms in total. The molecule has 2 unspecified atom stereocenters. The molecule has 4 aliphatic rings. The number of nitrogens with one attached hydrogen (secondary N) is 8. The molecule has 4 heterocycles. The normalized spacial score (nSPS) is 18.4. The number of carbonyl (C=O) groups is 13. The van der Waals surface area contributed by atoms with Gasteiger partial charge < -0.3 is 99.8 Å². The van der Waals surface area contributed by atoms with Crippen molar-refractivity contribution in [1.82, 2.24) is 66.6 Å². The number of carboxylic acid groups (broad SMARTS) is 5. The van der Waals surface area contributed by atoms with E-state index in [9.17, 15) is 73.8 Å². The molecule has 4 fully saturated rings. The van der Waals surface area contributed by atoms with Crippen LogP contribution in [-0.2, 0) is 68.7 Å². The van der Waals surface area contributed by atoms with Crippen molar-refractivity contribution in [2.24, 2.45) is 45.4 Å². The van der Waals surface area contributed by atoms with E-state index in [-0.39, 0.29) is 134 Å². The zero-order valence-electron chi connectivity index (χ0n) is 59.3. The van der Waals surface area contributed by atoms with Crippen molar-refractivity contribution in [2.75, 3.05) is 105 Å². The minimum absolute atomic E-state index is 0.000864. The molecule has 0 saturated carbocycles. The van der Waals surface area contributed by atoms with E-state index in [0.717, 1.165) is 4.90 Å². The number of rotatable bonds is 40. The maximum atomic E-state index is 15.2. The number of hydrogen-bond donors (Lipinski definition) is 17. The standard InChI is InChI=1S/C66H106N18O19/c1-38(2)31-45(63(102)103)75-60(99)55(66(3,4)5)78-56(95)44(32-39-12-14-42(85)15-13-39)74-57(96)46-10-7-23-83(46)61(100)43(9-6-20-72-64(67)68)73-59(98)53(41-18-25-82(26-19-41)65(69)70)77-58(97)47-11-8-24-84(47)62(101)54(40-16-21-71-22-17-40)76-48(86)33-80(35-50(89)90)29-27-79(34-49(87)88)28-30-81(36-51(91)92)37-52(93)94/h12-15,38,40-41,43-47,53-55,71,85H,6-11,16-37H2,1-5H3,(H3,69,70)(H,73,98)(H,74,96)(H,75,99)(H,76,86)(H,77,97)(H,78,95)(H,87,88)(H,89,90)(H,91,92)(H,93,94)(H,102,103)(H4,67,68,72)/t43-,44-,45-,46-,47-,53?,54?,55+/m0/s1. The highest BCUT2D eigenvalue weighted by Gasteiger charge is 2.46. The van der Waals surface area contributed by atoms with Gasteiger partial charge in [-0.15, -0.1) is 0 Å². The molecule has 0 spiro atoms. The minimum atomic E-state index is -1.42. The average molecular weight is 1460 g/mol. The molecule has 103 heavy (non-hydrogen) atoms. The van der Waals surface area contributed by atoms with Gasteiger partial charge in [0.2, 0.25) is 47.3 Å². The van der Waals surface area contributed by atoms with Crippen LogP contribution in [0, 0.1) is 28.6 Å². The van der Waals surface area contributed by atoms with Crippen LogP contribution >= 0.6 is 0 Å². The van der Waals surface area contributed by atoms with Crippen molar-refractivity contribution < 1.29 is 93.0 Å². The molecular weight excluding hydrogens is 1350 g/mol. The zero-order chi connectivity index (χ0) is 76.4. The maximum Gasteiger partial charge on any atom is 0.326 e. The lowest BCUT2D eigenvalue weighted by Gasteiger charge is -2.38. The van der Waals surface area contributed by atoms with Gasteiger partial charge >= 0.3 is 29.8 Å². The number of piperidine rings is 2. The lowest BCUT2D eigenvalue weighted by Crippen LogP contribution is -2.62. The van der Waals surface area contributed by atoms with E-state index < -0.39 is 175 Å². The number of hydrogen-bond acceptors (Lipinski definition) is 20. The summed E-state index contributed by atoms with van der Waals surface area (Å²) in [7, 11) is 0. The summed E-state index contributed by atoms with van der Waals surface area (Å²) >= 11 is 0. The zero-order valence-corrected chi connectivity index (χ0v) is 59.3. The fraction of sp³-hybridized carbons (Fsp3) is 0.682. The summed E-state index contributed by atoms with van der Waals surface area (Å²) in [5.74, 6) is -14.4. The second-order valence-electron chi connectivity index (χ2n) is 28.3. The summed E-state index contributed by atoms with van der Waals surface area (Å²) in [4.78, 5) is 189. The van der Waals surface area contributed by atoms with Crippen molar-refractivity contribution in [1.29, 1.82) is 5.41 Å². The van der Waals surface area contributed by atoms with Crippen LogP contribution in [0.5, 0.6) is 5.75 Å². The Morgan fingerprint density at radius 2 is 1.08 bits per heavy atom. The molecule has 0 aliphatic carbocycles. The van der Waals surface area contributed by atoms with Gasteiger partial charge in [-0.2, -0.15) is 0 Å². The lowest BCUT2D eigenvalue weighted by molar-refractivity contribution is -0.145. The third kappa shape index (κ3) is 27.7. The second-order valence-corrected chi connectivity index (χ2v) is 28.3. The Hall–Kier alpha value is -9.49. The first-order valence-electron chi connectivity index (χ1n) is 34.8. The number of guanidine groups is 2. The number of benzene rings is 1. The van der Waals surface area contributed by atoms with E-state index in [4.69, 9.17) is 22.6 Å². The summed E-state index contributed by atoms with van der Waals surface area (Å²) in [5, 5.41) is 86.3. The van der Waals surface area contributed by atoms with E-state index in [1.165, 1.54) is 43.9 Å². The third-order valence-electron chi connectivity index (χ3n) is 18.6. The predicted octanol–water partition coefficient (Wildman–Crippen LogP) is -4.09. The number of aliphatic carboxylic acids is 5. The molecule has 4 aliphatic heterocycles. The third-order valence-corrected chi connectivity index (χ3v) is 18.6. The Balaban J connectivity index is 1.41. The Kier molecular flexibility index (Phi) is 33.0. The number of carbonyl (C=O) groups excluding carboxylic acids is 8. The van der Waals surface area contributed by atoms with Gasteiger partial charge in [-0.25, -0.2) is 4.79 Å². The predicted molar refractivity (Wildman–Crippen MR) is 371 cm³/mol. The van der Waals surface area contributed by atoms with E-state index in [0.29, 0.717) is 44.3 Å². The molecule has 8 amide bonds. The highest BCUT2D eigenvalue weighted by molar-refractivity contribution is 5.99. The highest BCUT2D eigenvalue weighted by Crippen LogP contribution is 2.28. The largest absolute Gasteiger partial charge is 0.508 e. The molecule has 20 N–H and O–H groups in total. The fourth-order valence-corrected chi connectivity index (χ4v) is 13.3. The first-order chi connectivity index (χ1) is 48.5. The Morgan fingerprint density at radius 1 is 0.583 bits per heavy atom. The van der Waals surface area contributed by atoms with Crippen LogP contribution in [0.4, 0.5) is 0 Å². The van der Waals surface area contributed by atoms with E-state index in [2.05, 4.69) is 42.2 Å². The first-order valence-corrected chi connectivity index (χ1v) is 34.8. The second kappa shape index (κ2) is 40.4. The monoisotopic (exact) mass is 1450 g/mol. The van der Waals surface area contributed by atoms with Gasteiger partial charge in [0.15, 0.2) is 11.9 Å². The summed E-state index contributed by atoms with van der Waals surface area (Å²) in [6.45, 7) is 6.00. The van der Waals surface area contributed by atoms with Crippen LogP contribution in [0.25, 0.3) is 0 Å². The molecule has 0 bridgehead atoms. The SMILES string of the molecule is CC(C)C[C@H](NC(=O)[C@@H](NC(=O)[C@H](Cc1ccc(O)cc1)NC(=O)[C@@H]1CCCN1C(=O)[C@H](CCCN=C(N)N)NC(=O)C(NC(=O)[C@@H]1CCCN1C(=O)C(NC(=O)CN(CCN(CCN(CC(=O)O)CC(=O)O)CC(=O)O)CC(=O)O)C1CCNCC1)C1CCN(C(=N)N)CC1)C(C)(C)C)C(=O)O. The van der Waals surface area contributed by atoms with Crippen LogP contribution in [-0.4, -0.2) is 302 Å². The van der Waals surface area contributed by atoms with Crippen molar-refractivity contribution in [3.63, 3.8) is 0 Å². The first kappa shape index (κ1) is 84.2. The van der Waals surface area contributed by atoms with Crippen LogP contribution in [0.2, 0.25) is 0 Å². The van der Waals surface area contributed by atoms with Gasteiger partial charge in [0.25, 0.3) is 0 Å². The van der Waals surface area contributed by atoms with Gasteiger partial charge in [0.1, 0.15) is 54.1 Å². The van der Waals surface area contributed by atoms with Gasteiger partial charge in [0, 0.05) is 65.3 Å². The Bertz CT molecular complexity index is 3160. The number of nitrogens with two attached hydrogens (primary N) is 3. The summed E-state index contributed by atoms with van der Waals surface area (Å²) in [5.41, 5.74) is 16.7. The smallest absolute Gasteiger partial charge is 0.326 e. The lowest BCUT2D eigenvalue weighted by atomic mass is 9.85. The Morgan fingerprint density at radius 3 is 1.58 bits per heavy atom. The molecular formula is C66H106N18O19. The van der Waals surface area contributed by atoms with Gasteiger partial charge in [0.05, 0.1) is 32.7 Å². The Labute approximate surface area is 597 Å². The van der Waals surface area contributed by atoms with E-state index >= 15 is 19.2 Å². The number of likely N-dealkylation sites (tertiary alicyclic amines) is 3. The molecule has 8 atom stereocenters. The van der Waals surface area contributed by atoms with Crippen molar-refractivity contribution >= 4 is 89.0 Å². The molecule has 0 aromatic heterocycles. The molecule has 4 saturated heterocycles. The molecule has 0 radical (unpaired) electrons. The molecule has 574 valence electrons. The number of phenolic OH excluding ortho intramolecular Hbond substituents is 1. The molecule has 1 aromatic rings. The number of aromatic hydroxyl groups is 1. The average Bonchev–Trinajstić information content (AvgIpc) is 1.77. The molecule has 37 heteroatoms. The fourth-order valence-electron chi connectivity index (χ4n) is 13.3. The van der Waals surface area contributed by atoms with Gasteiger partial charge in [-0.05, 0) is 125 Å². The number of aliphatic imine (C=N–C) groups is 1. The maximum absolute atomic E-state index is 15.2. The number of nitrogens with zero attached hydrogens (tertiary/aromatic N) is 7. The van der Waals surface area contributed by atoms with Crippen LogP contribution in [0.15, 0.2) is 29.3 Å². The van der Waals surface area contributed by atoms with Gasteiger partial charge in [-0.1, -0.05) is 46.8 Å². The van der Waals surface area contributed by atoms with Crippen LogP contribution in [0.3, 0.4) is 0 Å². The summed E-state index contributed by atoms with van der Waals surface area (Å²) < 4.78 is 0. The molecule has 5 rings (SSSR count). The van der Waals surface area contributed by atoms with E-state index in [1.54, 1.807) is 39.5 Å². The molecule has 1 aromatic carbocycles. The van der Waals surface area contributed by atoms with E-state index in [1.807, 2.05) is 0 Å². The number of phenols is 1. The minimum Gasteiger partial charge on any atom is -0.508 e. The van der Waals surface area contributed by atoms with Gasteiger partial charge in [-0.3, -0.25) is 82.6 Å². The summed E-state index contributed by atoms with van der Waals surface area (Å²) in [6.07, 6.45) is 1.97. The van der Waals surface area contributed by atoms with Crippen molar-refractivity contribution in [3.8, 4) is 5.75 Å². The quantitative estimate of drug-likeness (QED) is 0.0169. The van der Waals surface area contributed by atoms with Crippen LogP contribution in [0.1, 0.15) is 111 Å². The summed E-state index contributed by atoms with van der Waals surface area (Å²) in [6, 6.07) is -4.69. The number of amides is 8. The highest BCUT2D eigenvalue weighted by atomic mass is 16.4. The van der Waals surface area contributed by atoms with Crippen molar-refractivity contribution in [3.05, 3.63) is 29.8 Å².